The minimum Gasteiger partial charge on any atom is -0.352 e. The largest absolute Gasteiger partial charge is 0.352 e. The Morgan fingerprint density at radius 3 is 2.60 bits per heavy atom. The molecule has 0 atom stereocenters. The van der Waals surface area contributed by atoms with Crippen molar-refractivity contribution in [2.24, 2.45) is 5.92 Å². The molecule has 15 heavy (non-hydrogen) atoms. The number of rotatable bonds is 5. The zero-order chi connectivity index (χ0) is 10.5. The maximum absolute atomic E-state index is 11.5. The van der Waals surface area contributed by atoms with Crippen LogP contribution in [0.15, 0.2) is 0 Å². The summed E-state index contributed by atoms with van der Waals surface area (Å²) >= 11 is 1.99. The summed E-state index contributed by atoms with van der Waals surface area (Å²) in [4.78, 5) is 11.5. The van der Waals surface area contributed by atoms with Crippen molar-refractivity contribution in [1.82, 2.24) is 10.6 Å². The Hall–Kier alpha value is -0.220. The molecular formula is C11H20N2OS. The fourth-order valence-corrected chi connectivity index (χ4v) is 2.94. The summed E-state index contributed by atoms with van der Waals surface area (Å²) in [5, 5.41) is 6.32. The van der Waals surface area contributed by atoms with Gasteiger partial charge in [0.1, 0.15) is 0 Å². The number of thioether (sulfide) groups is 1. The van der Waals surface area contributed by atoms with Crippen molar-refractivity contribution in [3.8, 4) is 0 Å². The van der Waals surface area contributed by atoms with Gasteiger partial charge < -0.3 is 10.6 Å². The van der Waals surface area contributed by atoms with Crippen LogP contribution in [0.4, 0.5) is 0 Å². The highest BCUT2D eigenvalue weighted by Gasteiger charge is 2.21. The molecule has 2 fully saturated rings. The highest BCUT2D eigenvalue weighted by Crippen LogP contribution is 2.27. The molecule has 0 aromatic rings. The molecule has 4 heteroatoms. The third kappa shape index (κ3) is 4.43. The SMILES string of the molecule is O=C(CNCC1CC1)NC1CCSCC1. The van der Waals surface area contributed by atoms with Gasteiger partial charge in [0.2, 0.25) is 5.91 Å². The molecule has 0 spiro atoms. The topological polar surface area (TPSA) is 41.1 Å². The average molecular weight is 228 g/mol. The third-order valence-corrected chi connectivity index (χ3v) is 4.05. The molecule has 1 amide bonds. The molecule has 86 valence electrons. The highest BCUT2D eigenvalue weighted by molar-refractivity contribution is 7.99. The Morgan fingerprint density at radius 2 is 1.93 bits per heavy atom. The molecule has 2 rings (SSSR count). The molecule has 1 aliphatic heterocycles. The second-order valence-corrected chi connectivity index (χ2v) is 5.75. The van der Waals surface area contributed by atoms with E-state index in [0.717, 1.165) is 25.3 Å². The molecule has 2 aliphatic rings. The summed E-state index contributed by atoms with van der Waals surface area (Å²) in [6.45, 7) is 1.52. The predicted octanol–water partition coefficient (Wildman–Crippen LogP) is 0.998. The summed E-state index contributed by atoms with van der Waals surface area (Å²) < 4.78 is 0. The number of carbonyl (C=O) groups is 1. The van der Waals surface area contributed by atoms with Gasteiger partial charge >= 0.3 is 0 Å². The predicted molar refractivity (Wildman–Crippen MR) is 64.1 cm³/mol. The Kier molecular flexibility index (Phi) is 4.32. The van der Waals surface area contributed by atoms with Crippen LogP contribution in [0.25, 0.3) is 0 Å². The molecule has 0 bridgehead atoms. The lowest BCUT2D eigenvalue weighted by molar-refractivity contribution is -0.121. The lowest BCUT2D eigenvalue weighted by Crippen LogP contribution is -2.42. The van der Waals surface area contributed by atoms with Crippen molar-refractivity contribution in [3.63, 3.8) is 0 Å². The van der Waals surface area contributed by atoms with E-state index in [2.05, 4.69) is 10.6 Å². The Balaban J connectivity index is 1.54. The third-order valence-electron chi connectivity index (χ3n) is 3.00. The average Bonchev–Trinajstić information content (AvgIpc) is 3.03. The lowest BCUT2D eigenvalue weighted by Gasteiger charge is -2.22. The fraction of sp³-hybridized carbons (Fsp3) is 0.909. The van der Waals surface area contributed by atoms with E-state index in [1.807, 2.05) is 11.8 Å². The van der Waals surface area contributed by atoms with Gasteiger partial charge in [0.05, 0.1) is 6.54 Å². The van der Waals surface area contributed by atoms with Gasteiger partial charge in [0.15, 0.2) is 0 Å². The van der Waals surface area contributed by atoms with E-state index in [9.17, 15) is 4.79 Å². The van der Waals surface area contributed by atoms with E-state index >= 15 is 0 Å². The van der Waals surface area contributed by atoms with E-state index < -0.39 is 0 Å². The molecule has 1 saturated heterocycles. The standard InChI is InChI=1S/C11H20N2OS/c14-11(8-12-7-9-1-2-9)13-10-3-5-15-6-4-10/h9-10,12H,1-8H2,(H,13,14). The smallest absolute Gasteiger partial charge is 0.234 e. The van der Waals surface area contributed by atoms with Gasteiger partial charge in [-0.2, -0.15) is 11.8 Å². The molecule has 0 aromatic heterocycles. The van der Waals surface area contributed by atoms with Crippen molar-refractivity contribution in [1.29, 1.82) is 0 Å². The number of hydrogen-bond donors (Lipinski definition) is 2. The maximum Gasteiger partial charge on any atom is 0.234 e. The van der Waals surface area contributed by atoms with Crippen LogP contribution in [-0.2, 0) is 4.79 Å². The van der Waals surface area contributed by atoms with Gasteiger partial charge in [0.25, 0.3) is 0 Å². The second-order valence-electron chi connectivity index (χ2n) is 4.53. The molecule has 2 N–H and O–H groups in total. The van der Waals surface area contributed by atoms with Crippen LogP contribution in [-0.4, -0.2) is 36.5 Å². The van der Waals surface area contributed by atoms with Crippen LogP contribution < -0.4 is 10.6 Å². The van der Waals surface area contributed by atoms with E-state index in [-0.39, 0.29) is 5.91 Å². The van der Waals surface area contributed by atoms with Gasteiger partial charge in [-0.05, 0) is 49.7 Å². The van der Waals surface area contributed by atoms with E-state index in [0.29, 0.717) is 12.6 Å². The normalized spacial score (nSPS) is 22.7. The first-order chi connectivity index (χ1) is 7.34. The van der Waals surface area contributed by atoms with Crippen molar-refractivity contribution in [2.75, 3.05) is 24.6 Å². The summed E-state index contributed by atoms with van der Waals surface area (Å²) in [7, 11) is 0. The summed E-state index contributed by atoms with van der Waals surface area (Å²) in [6, 6.07) is 0.432. The van der Waals surface area contributed by atoms with Crippen LogP contribution in [0.5, 0.6) is 0 Å². The van der Waals surface area contributed by atoms with Crippen molar-refractivity contribution in [2.45, 2.75) is 31.7 Å². The van der Waals surface area contributed by atoms with Crippen LogP contribution >= 0.6 is 11.8 Å². The Bertz CT molecular complexity index is 213. The fourth-order valence-electron chi connectivity index (χ4n) is 1.83. The van der Waals surface area contributed by atoms with E-state index in [1.54, 1.807) is 0 Å². The van der Waals surface area contributed by atoms with Crippen molar-refractivity contribution >= 4 is 17.7 Å². The monoisotopic (exact) mass is 228 g/mol. The van der Waals surface area contributed by atoms with Crippen molar-refractivity contribution in [3.05, 3.63) is 0 Å². The molecule has 1 heterocycles. The molecule has 1 aliphatic carbocycles. The van der Waals surface area contributed by atoms with Gasteiger partial charge in [0, 0.05) is 6.04 Å². The van der Waals surface area contributed by atoms with Gasteiger partial charge in [-0.15, -0.1) is 0 Å². The van der Waals surface area contributed by atoms with Crippen LogP contribution in [0, 0.1) is 5.92 Å². The summed E-state index contributed by atoms with van der Waals surface area (Å²) in [5.74, 6) is 3.41. The molecule has 3 nitrogen and oxygen atoms in total. The number of carbonyl (C=O) groups excluding carboxylic acids is 1. The van der Waals surface area contributed by atoms with Gasteiger partial charge in [-0.25, -0.2) is 0 Å². The molecule has 0 radical (unpaired) electrons. The minimum atomic E-state index is 0.174. The second kappa shape index (κ2) is 5.75. The van der Waals surface area contributed by atoms with Gasteiger partial charge in [-0.1, -0.05) is 0 Å². The molecule has 0 aromatic carbocycles. The van der Waals surface area contributed by atoms with E-state index in [1.165, 1.54) is 24.3 Å². The molecular weight excluding hydrogens is 208 g/mol. The highest BCUT2D eigenvalue weighted by atomic mass is 32.2. The summed E-state index contributed by atoms with van der Waals surface area (Å²) in [5.41, 5.74) is 0. The maximum atomic E-state index is 11.5. The zero-order valence-electron chi connectivity index (χ0n) is 9.13. The number of hydrogen-bond acceptors (Lipinski definition) is 3. The van der Waals surface area contributed by atoms with Crippen LogP contribution in [0.1, 0.15) is 25.7 Å². The minimum absolute atomic E-state index is 0.174. The van der Waals surface area contributed by atoms with Crippen molar-refractivity contribution < 1.29 is 4.79 Å². The van der Waals surface area contributed by atoms with Crippen LogP contribution in [0.2, 0.25) is 0 Å². The summed E-state index contributed by atoms with van der Waals surface area (Å²) in [6.07, 6.45) is 4.96. The first-order valence-electron chi connectivity index (χ1n) is 5.92. The van der Waals surface area contributed by atoms with Crippen LogP contribution in [0.3, 0.4) is 0 Å². The zero-order valence-corrected chi connectivity index (χ0v) is 9.94. The first kappa shape index (κ1) is 11.3. The quantitative estimate of drug-likeness (QED) is 0.737. The first-order valence-corrected chi connectivity index (χ1v) is 7.08. The number of nitrogens with one attached hydrogen (secondary N) is 2. The number of amides is 1. The Morgan fingerprint density at radius 1 is 1.20 bits per heavy atom. The van der Waals surface area contributed by atoms with E-state index in [4.69, 9.17) is 0 Å². The Labute approximate surface area is 95.8 Å². The lowest BCUT2D eigenvalue weighted by atomic mass is 10.1. The molecule has 0 unspecified atom stereocenters. The van der Waals surface area contributed by atoms with Gasteiger partial charge in [-0.3, -0.25) is 4.79 Å². The molecule has 1 saturated carbocycles.